The molecule has 0 N–H and O–H groups in total. The SMILES string of the molecule is O=CN(c1cc(-c2cn3nc(-c4cccnc4C(F)(F)F)ccc3n2)ccc1F)C1CC1. The third-order valence-corrected chi connectivity index (χ3v) is 5.25. The number of carbonyl (C=O) groups is 1. The highest BCUT2D eigenvalue weighted by atomic mass is 19.4. The van der Waals surface area contributed by atoms with Gasteiger partial charge in [0.2, 0.25) is 6.41 Å². The van der Waals surface area contributed by atoms with Crippen LogP contribution < -0.4 is 4.90 Å². The van der Waals surface area contributed by atoms with E-state index in [1.165, 1.54) is 45.8 Å². The zero-order valence-electron chi connectivity index (χ0n) is 16.4. The van der Waals surface area contributed by atoms with E-state index < -0.39 is 17.7 Å². The second-order valence-corrected chi connectivity index (χ2v) is 7.45. The smallest absolute Gasteiger partial charge is 0.309 e. The van der Waals surface area contributed by atoms with Crippen molar-refractivity contribution in [1.29, 1.82) is 0 Å². The Labute approximate surface area is 179 Å². The standard InChI is InChI=1S/C22H15F4N5O/c23-16-6-3-13(10-19(16)30(12-32)14-4-5-14)18-11-31-20(28-18)8-7-17(29-31)15-2-1-9-27-21(15)22(24,25)26/h1-3,6-12,14H,4-5H2. The van der Waals surface area contributed by atoms with Crippen molar-refractivity contribution in [1.82, 2.24) is 19.6 Å². The highest BCUT2D eigenvalue weighted by Crippen LogP contribution is 2.36. The van der Waals surface area contributed by atoms with Crippen LogP contribution in [0, 0.1) is 5.82 Å². The van der Waals surface area contributed by atoms with Crippen molar-refractivity contribution in [2.45, 2.75) is 25.1 Å². The molecule has 0 unspecified atom stereocenters. The molecule has 32 heavy (non-hydrogen) atoms. The van der Waals surface area contributed by atoms with E-state index in [2.05, 4.69) is 15.1 Å². The van der Waals surface area contributed by atoms with Gasteiger partial charge in [-0.15, -0.1) is 0 Å². The number of aromatic nitrogens is 4. The fourth-order valence-electron chi connectivity index (χ4n) is 3.56. The molecule has 1 aliphatic carbocycles. The second-order valence-electron chi connectivity index (χ2n) is 7.45. The molecule has 10 heteroatoms. The molecule has 1 amide bonds. The Morgan fingerprint density at radius 2 is 1.91 bits per heavy atom. The molecule has 0 bridgehead atoms. The van der Waals surface area contributed by atoms with Crippen LogP contribution in [0.2, 0.25) is 0 Å². The summed E-state index contributed by atoms with van der Waals surface area (Å²) in [6.45, 7) is 0. The summed E-state index contributed by atoms with van der Waals surface area (Å²) in [6, 6.07) is 10.0. The minimum absolute atomic E-state index is 0.00939. The normalized spacial score (nSPS) is 14.0. The fourth-order valence-corrected chi connectivity index (χ4v) is 3.56. The number of alkyl halides is 3. The van der Waals surface area contributed by atoms with Gasteiger partial charge in [0, 0.05) is 23.4 Å². The Balaban J connectivity index is 1.56. The van der Waals surface area contributed by atoms with Crippen LogP contribution in [0.1, 0.15) is 18.5 Å². The first-order valence-electron chi connectivity index (χ1n) is 9.78. The molecule has 4 aromatic rings. The third kappa shape index (κ3) is 3.57. The summed E-state index contributed by atoms with van der Waals surface area (Å²) in [6.07, 6.45) is 0.251. The number of benzene rings is 1. The highest BCUT2D eigenvalue weighted by Gasteiger charge is 2.36. The fraction of sp³-hybridized carbons (Fsp3) is 0.182. The summed E-state index contributed by atoms with van der Waals surface area (Å²) in [5.41, 5.74) is 0.481. The van der Waals surface area contributed by atoms with Crippen molar-refractivity contribution in [2.75, 3.05) is 4.90 Å². The van der Waals surface area contributed by atoms with Crippen LogP contribution in [0.3, 0.4) is 0 Å². The van der Waals surface area contributed by atoms with Crippen molar-refractivity contribution < 1.29 is 22.4 Å². The van der Waals surface area contributed by atoms with E-state index in [9.17, 15) is 22.4 Å². The van der Waals surface area contributed by atoms with Crippen molar-refractivity contribution in [2.24, 2.45) is 0 Å². The van der Waals surface area contributed by atoms with Gasteiger partial charge < -0.3 is 4.90 Å². The number of imidazole rings is 1. The van der Waals surface area contributed by atoms with Crippen LogP contribution >= 0.6 is 0 Å². The van der Waals surface area contributed by atoms with E-state index >= 15 is 0 Å². The second kappa shape index (κ2) is 7.40. The molecule has 0 atom stereocenters. The van der Waals surface area contributed by atoms with Gasteiger partial charge in [-0.2, -0.15) is 18.3 Å². The van der Waals surface area contributed by atoms with E-state index in [-0.39, 0.29) is 23.0 Å². The van der Waals surface area contributed by atoms with E-state index in [1.54, 1.807) is 12.3 Å². The summed E-state index contributed by atoms with van der Waals surface area (Å²) in [4.78, 5) is 20.7. The van der Waals surface area contributed by atoms with Crippen LogP contribution in [0.15, 0.2) is 54.9 Å². The summed E-state index contributed by atoms with van der Waals surface area (Å²) in [5.74, 6) is -0.520. The van der Waals surface area contributed by atoms with Gasteiger partial charge in [-0.05, 0) is 55.3 Å². The first-order chi connectivity index (χ1) is 15.3. The lowest BCUT2D eigenvalue weighted by molar-refractivity contribution is -0.140. The lowest BCUT2D eigenvalue weighted by Crippen LogP contribution is -2.24. The molecular formula is C22H15F4N5O. The zero-order valence-corrected chi connectivity index (χ0v) is 16.4. The number of halogens is 4. The largest absolute Gasteiger partial charge is 0.434 e. The molecule has 0 aliphatic heterocycles. The minimum atomic E-state index is -4.62. The molecule has 5 rings (SSSR count). The Bertz CT molecular complexity index is 1330. The monoisotopic (exact) mass is 441 g/mol. The molecule has 0 radical (unpaired) electrons. The third-order valence-electron chi connectivity index (χ3n) is 5.25. The number of fused-ring (bicyclic) bond motifs is 1. The maximum absolute atomic E-state index is 14.4. The number of carbonyl (C=O) groups excluding carboxylic acids is 1. The number of hydrogen-bond acceptors (Lipinski definition) is 4. The topological polar surface area (TPSA) is 63.4 Å². The highest BCUT2D eigenvalue weighted by molar-refractivity contribution is 5.80. The Morgan fingerprint density at radius 3 is 2.62 bits per heavy atom. The lowest BCUT2D eigenvalue weighted by atomic mass is 10.1. The van der Waals surface area contributed by atoms with Crippen molar-refractivity contribution in [3.63, 3.8) is 0 Å². The maximum atomic E-state index is 14.4. The molecule has 162 valence electrons. The number of amides is 1. The van der Waals surface area contributed by atoms with Crippen LogP contribution in [0.4, 0.5) is 23.2 Å². The van der Waals surface area contributed by atoms with Crippen molar-refractivity contribution in [3.05, 3.63) is 66.4 Å². The van der Waals surface area contributed by atoms with Gasteiger partial charge in [0.25, 0.3) is 0 Å². The lowest BCUT2D eigenvalue weighted by Gasteiger charge is -2.18. The van der Waals surface area contributed by atoms with Gasteiger partial charge >= 0.3 is 6.18 Å². The van der Waals surface area contributed by atoms with Gasteiger partial charge in [-0.3, -0.25) is 9.78 Å². The van der Waals surface area contributed by atoms with Crippen LogP contribution in [0.5, 0.6) is 0 Å². The number of nitrogens with zero attached hydrogens (tertiary/aromatic N) is 5. The molecule has 6 nitrogen and oxygen atoms in total. The Kier molecular flexibility index (Phi) is 4.65. The molecule has 0 spiro atoms. The van der Waals surface area contributed by atoms with Gasteiger partial charge in [-0.25, -0.2) is 13.9 Å². The average Bonchev–Trinajstić information content (AvgIpc) is 3.52. The molecule has 0 saturated heterocycles. The molecule has 1 aromatic carbocycles. The molecule has 1 fully saturated rings. The minimum Gasteiger partial charge on any atom is -0.309 e. The number of anilines is 1. The van der Waals surface area contributed by atoms with Crippen LogP contribution in [0.25, 0.3) is 28.2 Å². The van der Waals surface area contributed by atoms with E-state index in [1.807, 2.05) is 0 Å². The van der Waals surface area contributed by atoms with Gasteiger partial charge in [0.1, 0.15) is 5.82 Å². The quantitative estimate of drug-likeness (QED) is 0.332. The van der Waals surface area contributed by atoms with Crippen molar-refractivity contribution >= 4 is 17.7 Å². The predicted octanol–water partition coefficient (Wildman–Crippen LogP) is 4.74. The van der Waals surface area contributed by atoms with Crippen molar-refractivity contribution in [3.8, 4) is 22.5 Å². The Morgan fingerprint density at radius 1 is 1.09 bits per heavy atom. The number of pyridine rings is 1. The molecule has 1 saturated carbocycles. The molecular weight excluding hydrogens is 426 g/mol. The summed E-state index contributed by atoms with van der Waals surface area (Å²) < 4.78 is 55.7. The van der Waals surface area contributed by atoms with E-state index in [0.29, 0.717) is 23.3 Å². The summed E-state index contributed by atoms with van der Waals surface area (Å²) in [7, 11) is 0. The number of rotatable bonds is 5. The zero-order chi connectivity index (χ0) is 22.5. The molecule has 1 aliphatic rings. The van der Waals surface area contributed by atoms with Gasteiger partial charge in [0.15, 0.2) is 11.3 Å². The van der Waals surface area contributed by atoms with E-state index in [4.69, 9.17) is 0 Å². The van der Waals surface area contributed by atoms with Gasteiger partial charge in [-0.1, -0.05) is 0 Å². The Hall–Kier alpha value is -3.82. The number of hydrogen-bond donors (Lipinski definition) is 0. The first-order valence-corrected chi connectivity index (χ1v) is 9.78. The molecule has 3 aromatic heterocycles. The molecule has 3 heterocycles. The van der Waals surface area contributed by atoms with Gasteiger partial charge in [0.05, 0.1) is 23.3 Å². The van der Waals surface area contributed by atoms with Crippen LogP contribution in [-0.2, 0) is 11.0 Å². The summed E-state index contributed by atoms with van der Waals surface area (Å²) >= 11 is 0. The maximum Gasteiger partial charge on any atom is 0.434 e. The van der Waals surface area contributed by atoms with E-state index in [0.717, 1.165) is 19.0 Å². The average molecular weight is 441 g/mol. The first kappa shape index (κ1) is 20.1. The predicted molar refractivity (Wildman–Crippen MR) is 108 cm³/mol. The summed E-state index contributed by atoms with van der Waals surface area (Å²) in [5, 5.41) is 4.27. The van der Waals surface area contributed by atoms with Crippen LogP contribution in [-0.4, -0.2) is 32.0 Å².